The van der Waals surface area contributed by atoms with Crippen LogP contribution in [0.15, 0.2) is 60.7 Å². The number of carbonyl (C=O) groups is 2. The first-order chi connectivity index (χ1) is 13.8. The van der Waals surface area contributed by atoms with Crippen LogP contribution in [0.5, 0.6) is 0 Å². The first-order valence-electron chi connectivity index (χ1n) is 10.4. The summed E-state index contributed by atoms with van der Waals surface area (Å²) in [6.07, 6.45) is 0.165. The number of benzene rings is 2. The summed E-state index contributed by atoms with van der Waals surface area (Å²) in [6, 6.07) is 18.0. The predicted molar refractivity (Wildman–Crippen MR) is 115 cm³/mol. The average molecular weight is 397 g/mol. The second-order valence-corrected chi connectivity index (χ2v) is 7.92. The van der Waals surface area contributed by atoms with Gasteiger partial charge in [0.05, 0.1) is 11.1 Å². The molecule has 29 heavy (non-hydrogen) atoms. The normalized spacial score (nSPS) is 15.2. The van der Waals surface area contributed by atoms with Crippen LogP contribution in [0.4, 0.5) is 0 Å². The van der Waals surface area contributed by atoms with Gasteiger partial charge in [-0.1, -0.05) is 71.0 Å². The van der Waals surface area contributed by atoms with Crippen LogP contribution in [0, 0.1) is 17.8 Å². The fourth-order valence-corrected chi connectivity index (χ4v) is 3.60. The molecule has 0 aliphatic rings. The maximum absolute atomic E-state index is 12.6. The largest absolute Gasteiger partial charge is 0.458 e. The van der Waals surface area contributed by atoms with Crippen molar-refractivity contribution in [3.05, 3.63) is 71.8 Å². The number of ether oxygens (including phenoxy) is 2. The molecule has 0 aliphatic carbocycles. The molecule has 2 rings (SSSR count). The Bertz CT molecular complexity index is 770. The fraction of sp³-hybridized carbons (Fsp3) is 0.440. The highest BCUT2D eigenvalue weighted by atomic mass is 16.6. The van der Waals surface area contributed by atoms with Gasteiger partial charge in [0.2, 0.25) is 0 Å². The third-order valence-electron chi connectivity index (χ3n) is 5.51. The third-order valence-corrected chi connectivity index (χ3v) is 5.51. The van der Waals surface area contributed by atoms with Gasteiger partial charge in [-0.25, -0.2) is 9.59 Å². The molecule has 0 aromatic heterocycles. The van der Waals surface area contributed by atoms with Crippen molar-refractivity contribution in [2.75, 3.05) is 0 Å². The van der Waals surface area contributed by atoms with Crippen LogP contribution in [-0.2, 0) is 9.47 Å². The van der Waals surface area contributed by atoms with Crippen molar-refractivity contribution >= 4 is 11.9 Å². The van der Waals surface area contributed by atoms with Gasteiger partial charge >= 0.3 is 11.9 Å². The van der Waals surface area contributed by atoms with E-state index in [1.165, 1.54) is 0 Å². The van der Waals surface area contributed by atoms with Gasteiger partial charge in [0.1, 0.15) is 12.2 Å². The Kier molecular flexibility index (Phi) is 8.44. The molecular formula is C25H32O4. The smallest absolute Gasteiger partial charge is 0.338 e. The molecule has 2 aromatic carbocycles. The zero-order valence-electron chi connectivity index (χ0n) is 18.0. The van der Waals surface area contributed by atoms with E-state index in [1.807, 2.05) is 57.2 Å². The summed E-state index contributed by atoms with van der Waals surface area (Å²) in [5.74, 6) is -0.446. The van der Waals surface area contributed by atoms with E-state index in [4.69, 9.17) is 9.47 Å². The van der Waals surface area contributed by atoms with E-state index in [-0.39, 0.29) is 41.9 Å². The van der Waals surface area contributed by atoms with E-state index in [0.29, 0.717) is 17.5 Å². The molecular weight excluding hydrogens is 364 g/mol. The van der Waals surface area contributed by atoms with Gasteiger partial charge in [0.15, 0.2) is 0 Å². The second kappa shape index (κ2) is 10.8. The van der Waals surface area contributed by atoms with Crippen molar-refractivity contribution in [1.82, 2.24) is 0 Å². The molecule has 4 unspecified atom stereocenters. The zero-order valence-corrected chi connectivity index (χ0v) is 18.0. The van der Waals surface area contributed by atoms with E-state index in [0.717, 1.165) is 0 Å². The van der Waals surface area contributed by atoms with Gasteiger partial charge in [0.25, 0.3) is 0 Å². The van der Waals surface area contributed by atoms with Gasteiger partial charge < -0.3 is 9.47 Å². The molecule has 0 bridgehead atoms. The summed E-state index contributed by atoms with van der Waals surface area (Å²) in [5.41, 5.74) is 1.09. The summed E-state index contributed by atoms with van der Waals surface area (Å²) in [5, 5.41) is 0. The van der Waals surface area contributed by atoms with Crippen LogP contribution in [0.1, 0.15) is 61.8 Å². The highest BCUT2D eigenvalue weighted by Crippen LogP contribution is 2.30. The minimum Gasteiger partial charge on any atom is -0.458 e. The quantitative estimate of drug-likeness (QED) is 0.505. The lowest BCUT2D eigenvalue weighted by atomic mass is 9.81. The Morgan fingerprint density at radius 1 is 0.724 bits per heavy atom. The maximum atomic E-state index is 12.6. The van der Waals surface area contributed by atoms with Crippen LogP contribution < -0.4 is 0 Å². The van der Waals surface area contributed by atoms with Crippen LogP contribution in [0.3, 0.4) is 0 Å². The Morgan fingerprint density at radius 2 is 1.17 bits per heavy atom. The molecule has 4 heteroatoms. The van der Waals surface area contributed by atoms with Crippen LogP contribution in [0.2, 0.25) is 0 Å². The number of rotatable bonds is 9. The lowest BCUT2D eigenvalue weighted by Crippen LogP contribution is -2.39. The molecule has 4 nitrogen and oxygen atoms in total. The molecule has 0 fully saturated rings. The SMILES string of the molecule is CCC(OC(=O)c1ccccc1)C(C)C(C)C(OC(=O)c1ccccc1)C(C)C. The lowest BCUT2D eigenvalue weighted by Gasteiger charge is -2.35. The molecule has 0 spiro atoms. The number of hydrogen-bond acceptors (Lipinski definition) is 4. The molecule has 0 radical (unpaired) electrons. The van der Waals surface area contributed by atoms with Crippen molar-refractivity contribution in [1.29, 1.82) is 0 Å². The van der Waals surface area contributed by atoms with Gasteiger partial charge in [0, 0.05) is 0 Å². The predicted octanol–water partition coefficient (Wildman–Crippen LogP) is 5.78. The van der Waals surface area contributed by atoms with Crippen molar-refractivity contribution < 1.29 is 19.1 Å². The Morgan fingerprint density at radius 3 is 1.59 bits per heavy atom. The molecule has 2 aromatic rings. The average Bonchev–Trinajstić information content (AvgIpc) is 2.75. The highest BCUT2D eigenvalue weighted by molar-refractivity contribution is 5.90. The summed E-state index contributed by atoms with van der Waals surface area (Å²) in [7, 11) is 0. The molecule has 0 saturated heterocycles. The van der Waals surface area contributed by atoms with Crippen molar-refractivity contribution in [2.45, 2.75) is 53.2 Å². The van der Waals surface area contributed by atoms with E-state index < -0.39 is 0 Å². The number of hydrogen-bond donors (Lipinski definition) is 0. The van der Waals surface area contributed by atoms with E-state index in [9.17, 15) is 9.59 Å². The zero-order chi connectivity index (χ0) is 21.4. The molecule has 0 aliphatic heterocycles. The van der Waals surface area contributed by atoms with Crippen LogP contribution >= 0.6 is 0 Å². The Hall–Kier alpha value is -2.62. The molecule has 0 saturated carbocycles. The van der Waals surface area contributed by atoms with Crippen molar-refractivity contribution in [3.8, 4) is 0 Å². The Balaban J connectivity index is 2.09. The minimum absolute atomic E-state index is 0.0242. The summed E-state index contributed by atoms with van der Waals surface area (Å²) < 4.78 is 11.7. The monoisotopic (exact) mass is 396 g/mol. The third kappa shape index (κ3) is 6.18. The number of esters is 2. The van der Waals surface area contributed by atoms with E-state index in [1.54, 1.807) is 24.3 Å². The second-order valence-electron chi connectivity index (χ2n) is 7.92. The van der Waals surface area contributed by atoms with Crippen LogP contribution in [0.25, 0.3) is 0 Å². The van der Waals surface area contributed by atoms with Crippen LogP contribution in [-0.4, -0.2) is 24.1 Å². The molecule has 156 valence electrons. The summed E-state index contributed by atoms with van der Waals surface area (Å²) in [6.45, 7) is 10.2. The van der Waals surface area contributed by atoms with Gasteiger partial charge in [-0.2, -0.15) is 0 Å². The minimum atomic E-state index is -0.322. The lowest BCUT2D eigenvalue weighted by molar-refractivity contribution is -0.0376. The molecule has 4 atom stereocenters. The fourth-order valence-electron chi connectivity index (χ4n) is 3.60. The molecule has 0 heterocycles. The van der Waals surface area contributed by atoms with Gasteiger partial charge in [-0.05, 0) is 48.4 Å². The van der Waals surface area contributed by atoms with Gasteiger partial charge in [-0.3, -0.25) is 0 Å². The first-order valence-corrected chi connectivity index (χ1v) is 10.4. The topological polar surface area (TPSA) is 52.6 Å². The maximum Gasteiger partial charge on any atom is 0.338 e. The summed E-state index contributed by atoms with van der Waals surface area (Å²) >= 11 is 0. The van der Waals surface area contributed by atoms with E-state index >= 15 is 0 Å². The molecule has 0 amide bonds. The van der Waals surface area contributed by atoms with Crippen molar-refractivity contribution in [2.24, 2.45) is 17.8 Å². The first kappa shape index (κ1) is 22.7. The van der Waals surface area contributed by atoms with E-state index in [2.05, 4.69) is 13.8 Å². The molecule has 0 N–H and O–H groups in total. The summed E-state index contributed by atoms with van der Waals surface area (Å²) in [4.78, 5) is 25.1. The van der Waals surface area contributed by atoms with Gasteiger partial charge in [-0.15, -0.1) is 0 Å². The van der Waals surface area contributed by atoms with Crippen molar-refractivity contribution in [3.63, 3.8) is 0 Å². The standard InChI is InChI=1S/C25H32O4/c1-6-22(28-24(26)20-13-9-7-10-14-20)18(4)19(5)23(17(2)3)29-25(27)21-15-11-8-12-16-21/h7-19,22-23H,6H2,1-5H3. The Labute approximate surface area is 174 Å². The highest BCUT2D eigenvalue weighted by Gasteiger charge is 2.34. The number of carbonyl (C=O) groups excluding carboxylic acids is 2.